The molecule has 0 unspecified atom stereocenters. The SMILES string of the molecule is CC(=O)NCCCC[C@H](NC(=O)OCC1c2ccccc2-c2ccccc21)C(=O)O. The van der Waals surface area contributed by atoms with Crippen LogP contribution in [0, 0.1) is 0 Å². The van der Waals surface area contributed by atoms with Gasteiger partial charge in [-0.05, 0) is 41.5 Å². The van der Waals surface area contributed by atoms with Gasteiger partial charge in [-0.1, -0.05) is 48.5 Å². The molecule has 0 heterocycles. The fraction of sp³-hybridized carbons (Fsp3) is 0.348. The lowest BCUT2D eigenvalue weighted by atomic mass is 9.98. The van der Waals surface area contributed by atoms with Crippen molar-refractivity contribution in [3.8, 4) is 11.1 Å². The highest BCUT2D eigenvalue weighted by atomic mass is 16.5. The lowest BCUT2D eigenvalue weighted by Gasteiger charge is -2.17. The molecular weight excluding hydrogens is 384 g/mol. The number of carboxylic acids is 1. The highest BCUT2D eigenvalue weighted by Crippen LogP contribution is 2.44. The van der Waals surface area contributed by atoms with Crippen LogP contribution in [-0.4, -0.2) is 42.3 Å². The summed E-state index contributed by atoms with van der Waals surface area (Å²) in [4.78, 5) is 34.6. The Morgan fingerprint density at radius 2 is 1.60 bits per heavy atom. The third-order valence-electron chi connectivity index (χ3n) is 5.23. The van der Waals surface area contributed by atoms with E-state index in [0.29, 0.717) is 19.4 Å². The van der Waals surface area contributed by atoms with Crippen molar-refractivity contribution in [2.75, 3.05) is 13.2 Å². The molecule has 0 saturated heterocycles. The third kappa shape index (κ3) is 5.17. The van der Waals surface area contributed by atoms with Crippen molar-refractivity contribution in [3.05, 3.63) is 59.7 Å². The fourth-order valence-corrected chi connectivity index (χ4v) is 3.78. The number of carbonyl (C=O) groups is 3. The van der Waals surface area contributed by atoms with E-state index in [1.807, 2.05) is 36.4 Å². The van der Waals surface area contributed by atoms with Gasteiger partial charge in [-0.2, -0.15) is 0 Å². The summed E-state index contributed by atoms with van der Waals surface area (Å²) < 4.78 is 5.41. The van der Waals surface area contributed by atoms with Crippen LogP contribution in [0.4, 0.5) is 4.79 Å². The summed E-state index contributed by atoms with van der Waals surface area (Å²) >= 11 is 0. The molecule has 30 heavy (non-hydrogen) atoms. The van der Waals surface area contributed by atoms with Crippen molar-refractivity contribution in [2.24, 2.45) is 0 Å². The number of carboxylic acid groups (broad SMARTS) is 1. The summed E-state index contributed by atoms with van der Waals surface area (Å²) in [7, 11) is 0. The maximum absolute atomic E-state index is 12.3. The van der Waals surface area contributed by atoms with E-state index >= 15 is 0 Å². The van der Waals surface area contributed by atoms with Gasteiger partial charge < -0.3 is 20.5 Å². The minimum atomic E-state index is -1.11. The maximum atomic E-state index is 12.3. The first-order valence-electron chi connectivity index (χ1n) is 10.1. The molecule has 0 bridgehead atoms. The second kappa shape index (κ2) is 9.91. The molecule has 1 aliphatic rings. The van der Waals surface area contributed by atoms with Gasteiger partial charge in [0.25, 0.3) is 0 Å². The van der Waals surface area contributed by atoms with E-state index in [9.17, 15) is 19.5 Å². The number of fused-ring (bicyclic) bond motifs is 3. The zero-order valence-corrected chi connectivity index (χ0v) is 16.9. The number of unbranched alkanes of at least 4 members (excludes halogenated alkanes) is 1. The van der Waals surface area contributed by atoms with Crippen molar-refractivity contribution < 1.29 is 24.2 Å². The molecule has 7 nitrogen and oxygen atoms in total. The van der Waals surface area contributed by atoms with Gasteiger partial charge in [0.1, 0.15) is 12.6 Å². The number of hydrogen-bond donors (Lipinski definition) is 3. The average molecular weight is 410 g/mol. The van der Waals surface area contributed by atoms with Crippen LogP contribution in [0.2, 0.25) is 0 Å². The number of amides is 2. The summed E-state index contributed by atoms with van der Waals surface area (Å²) in [6.07, 6.45) is 0.710. The van der Waals surface area contributed by atoms with Gasteiger partial charge in [-0.15, -0.1) is 0 Å². The quantitative estimate of drug-likeness (QED) is 0.550. The number of alkyl carbamates (subject to hydrolysis) is 1. The van der Waals surface area contributed by atoms with Crippen molar-refractivity contribution >= 4 is 18.0 Å². The Kier molecular flexibility index (Phi) is 7.06. The van der Waals surface area contributed by atoms with Gasteiger partial charge in [-0.25, -0.2) is 9.59 Å². The monoisotopic (exact) mass is 410 g/mol. The largest absolute Gasteiger partial charge is 0.480 e. The van der Waals surface area contributed by atoms with E-state index in [0.717, 1.165) is 22.3 Å². The summed E-state index contributed by atoms with van der Waals surface area (Å²) in [6.45, 7) is 2.04. The molecule has 0 aromatic heterocycles. The molecular formula is C23H26N2O5. The van der Waals surface area contributed by atoms with Crippen molar-refractivity contribution in [3.63, 3.8) is 0 Å². The van der Waals surface area contributed by atoms with Crippen molar-refractivity contribution in [1.82, 2.24) is 10.6 Å². The van der Waals surface area contributed by atoms with Crippen LogP contribution in [-0.2, 0) is 14.3 Å². The second-order valence-corrected chi connectivity index (χ2v) is 7.34. The van der Waals surface area contributed by atoms with E-state index in [4.69, 9.17) is 4.74 Å². The Labute approximate surface area is 175 Å². The molecule has 0 aliphatic heterocycles. The van der Waals surface area contributed by atoms with Gasteiger partial charge in [-0.3, -0.25) is 4.79 Å². The molecule has 3 N–H and O–H groups in total. The van der Waals surface area contributed by atoms with Crippen LogP contribution < -0.4 is 10.6 Å². The second-order valence-electron chi connectivity index (χ2n) is 7.34. The van der Waals surface area contributed by atoms with Crippen LogP contribution in [0.5, 0.6) is 0 Å². The predicted molar refractivity (Wildman–Crippen MR) is 112 cm³/mol. The molecule has 7 heteroatoms. The number of carbonyl (C=O) groups excluding carboxylic acids is 2. The molecule has 0 spiro atoms. The Morgan fingerprint density at radius 1 is 1.00 bits per heavy atom. The number of benzene rings is 2. The van der Waals surface area contributed by atoms with Crippen LogP contribution in [0.1, 0.15) is 43.2 Å². The summed E-state index contributed by atoms with van der Waals surface area (Å²) in [5.41, 5.74) is 4.45. The van der Waals surface area contributed by atoms with Crippen molar-refractivity contribution in [1.29, 1.82) is 0 Å². The lowest BCUT2D eigenvalue weighted by molar-refractivity contribution is -0.139. The lowest BCUT2D eigenvalue weighted by Crippen LogP contribution is -2.41. The molecule has 2 aromatic carbocycles. The Bertz CT molecular complexity index is 882. The van der Waals surface area contributed by atoms with Gasteiger partial charge in [0, 0.05) is 19.4 Å². The number of rotatable bonds is 9. The number of nitrogens with one attached hydrogen (secondary N) is 2. The van der Waals surface area contributed by atoms with Gasteiger partial charge >= 0.3 is 12.1 Å². The van der Waals surface area contributed by atoms with E-state index in [1.54, 1.807) is 0 Å². The van der Waals surface area contributed by atoms with Crippen LogP contribution >= 0.6 is 0 Å². The van der Waals surface area contributed by atoms with E-state index in [2.05, 4.69) is 22.8 Å². The summed E-state index contributed by atoms with van der Waals surface area (Å²) in [6, 6.07) is 15.0. The molecule has 2 amide bonds. The molecule has 3 rings (SSSR count). The minimum absolute atomic E-state index is 0.0796. The number of hydrogen-bond acceptors (Lipinski definition) is 4. The standard InChI is InChI=1S/C23H26N2O5/c1-15(26)24-13-7-6-12-21(22(27)28)25-23(29)30-14-20-18-10-4-2-8-16(18)17-9-3-5-11-19(17)20/h2-5,8-11,20-21H,6-7,12-14H2,1H3,(H,24,26)(H,25,29)(H,27,28)/t21-/m0/s1. The molecule has 1 aliphatic carbocycles. The Hall–Kier alpha value is -3.35. The smallest absolute Gasteiger partial charge is 0.407 e. The maximum Gasteiger partial charge on any atom is 0.407 e. The molecule has 1 atom stereocenters. The van der Waals surface area contributed by atoms with Gasteiger partial charge in [0.2, 0.25) is 5.91 Å². The first-order valence-corrected chi connectivity index (χ1v) is 10.1. The van der Waals surface area contributed by atoms with Crippen LogP contribution in [0.15, 0.2) is 48.5 Å². The van der Waals surface area contributed by atoms with E-state index in [1.165, 1.54) is 6.92 Å². The highest BCUT2D eigenvalue weighted by molar-refractivity contribution is 5.81. The van der Waals surface area contributed by atoms with Crippen molar-refractivity contribution in [2.45, 2.75) is 38.1 Å². The highest BCUT2D eigenvalue weighted by Gasteiger charge is 2.29. The number of ether oxygens (including phenoxy) is 1. The zero-order chi connectivity index (χ0) is 21.5. The third-order valence-corrected chi connectivity index (χ3v) is 5.23. The van der Waals surface area contributed by atoms with E-state index < -0.39 is 18.1 Å². The van der Waals surface area contributed by atoms with Gasteiger partial charge in [0.05, 0.1) is 0 Å². The van der Waals surface area contributed by atoms with Gasteiger partial charge in [0.15, 0.2) is 0 Å². The van der Waals surface area contributed by atoms with E-state index in [-0.39, 0.29) is 24.9 Å². The molecule has 158 valence electrons. The molecule has 2 aromatic rings. The minimum Gasteiger partial charge on any atom is -0.480 e. The Balaban J connectivity index is 1.54. The summed E-state index contributed by atoms with van der Waals surface area (Å²) in [5.74, 6) is -1.31. The number of aliphatic carboxylic acids is 1. The molecule has 0 radical (unpaired) electrons. The van der Waals surface area contributed by atoms with Crippen LogP contribution in [0.3, 0.4) is 0 Å². The first kappa shape index (κ1) is 21.4. The first-order chi connectivity index (χ1) is 14.5. The molecule has 0 saturated carbocycles. The zero-order valence-electron chi connectivity index (χ0n) is 16.9. The topological polar surface area (TPSA) is 105 Å². The van der Waals surface area contributed by atoms with Crippen LogP contribution in [0.25, 0.3) is 11.1 Å². The Morgan fingerprint density at radius 3 is 2.17 bits per heavy atom. The normalized spacial score (nSPS) is 13.1. The fourth-order valence-electron chi connectivity index (χ4n) is 3.78. The molecule has 0 fully saturated rings. The summed E-state index contributed by atoms with van der Waals surface area (Å²) in [5, 5.41) is 14.5. The predicted octanol–water partition coefficient (Wildman–Crippen LogP) is 3.28. The average Bonchev–Trinajstić information content (AvgIpc) is 3.04.